The van der Waals surface area contributed by atoms with Gasteiger partial charge < -0.3 is 5.32 Å². The first-order valence-electron chi connectivity index (χ1n) is 9.09. The lowest BCUT2D eigenvalue weighted by Crippen LogP contribution is -2.30. The second-order valence-corrected chi connectivity index (χ2v) is 8.51. The molecular weight excluding hydrogens is 412 g/mol. The molecule has 9 heteroatoms. The van der Waals surface area contributed by atoms with Crippen molar-refractivity contribution >= 4 is 33.3 Å². The molecule has 152 valence electrons. The number of aromatic nitrogens is 2. The molecule has 0 saturated carbocycles. The van der Waals surface area contributed by atoms with Crippen molar-refractivity contribution in [1.82, 2.24) is 14.1 Å². The summed E-state index contributed by atoms with van der Waals surface area (Å²) in [6.45, 7) is 4.18. The molecule has 0 aliphatic heterocycles. The fourth-order valence-corrected chi connectivity index (χ4v) is 4.54. The van der Waals surface area contributed by atoms with Crippen molar-refractivity contribution in [3.05, 3.63) is 71.4 Å². The molecule has 0 atom stereocenters. The summed E-state index contributed by atoms with van der Waals surface area (Å²) in [5, 5.41) is 7.13. The number of amides is 1. The summed E-state index contributed by atoms with van der Waals surface area (Å²) >= 11 is 6.16. The number of carbonyl (C=O) groups excluding carboxylic acids is 1. The van der Waals surface area contributed by atoms with Gasteiger partial charge in [-0.3, -0.25) is 4.79 Å². The van der Waals surface area contributed by atoms with Gasteiger partial charge in [-0.05, 0) is 30.3 Å². The Morgan fingerprint density at radius 1 is 1.10 bits per heavy atom. The highest BCUT2D eigenvalue weighted by Gasteiger charge is 2.24. The largest absolute Gasteiger partial charge is 0.305 e. The molecule has 3 aromatic rings. The maximum Gasteiger partial charge on any atom is 0.258 e. The minimum atomic E-state index is -3.70. The minimum absolute atomic E-state index is 0.0190. The van der Waals surface area contributed by atoms with Gasteiger partial charge in [0.25, 0.3) is 5.91 Å². The SMILES string of the molecule is CCN(CC)S(=O)(=O)c1ccc(Cl)c(C(=O)Nc2ccn(-c3ccccc3)n2)c1. The fourth-order valence-electron chi connectivity index (χ4n) is 2.85. The molecule has 1 N–H and O–H groups in total. The lowest BCUT2D eigenvalue weighted by atomic mass is 10.2. The van der Waals surface area contributed by atoms with Crippen molar-refractivity contribution in [2.24, 2.45) is 0 Å². The molecule has 0 aliphatic rings. The first-order chi connectivity index (χ1) is 13.9. The Kier molecular flexibility index (Phi) is 6.36. The van der Waals surface area contributed by atoms with Gasteiger partial charge >= 0.3 is 0 Å². The number of hydrogen-bond donors (Lipinski definition) is 1. The molecule has 0 spiro atoms. The van der Waals surface area contributed by atoms with Gasteiger partial charge in [-0.25, -0.2) is 13.1 Å². The topological polar surface area (TPSA) is 84.3 Å². The van der Waals surface area contributed by atoms with Gasteiger partial charge in [-0.15, -0.1) is 0 Å². The van der Waals surface area contributed by atoms with Crippen LogP contribution < -0.4 is 5.32 Å². The lowest BCUT2D eigenvalue weighted by Gasteiger charge is -2.19. The zero-order valence-electron chi connectivity index (χ0n) is 16.0. The predicted molar refractivity (Wildman–Crippen MR) is 113 cm³/mol. The molecule has 0 unspecified atom stereocenters. The molecule has 2 aromatic carbocycles. The van der Waals surface area contributed by atoms with Gasteiger partial charge in [0, 0.05) is 25.4 Å². The molecule has 0 bridgehead atoms. The van der Waals surface area contributed by atoms with E-state index in [9.17, 15) is 13.2 Å². The number of carbonyl (C=O) groups is 1. The summed E-state index contributed by atoms with van der Waals surface area (Å²) in [5.74, 6) is -0.211. The van der Waals surface area contributed by atoms with Gasteiger partial charge in [0.15, 0.2) is 5.82 Å². The van der Waals surface area contributed by atoms with Crippen LogP contribution in [0.15, 0.2) is 65.7 Å². The number of anilines is 1. The molecular formula is C20H21ClN4O3S. The summed E-state index contributed by atoms with van der Waals surface area (Å²) < 4.78 is 28.4. The van der Waals surface area contributed by atoms with Crippen LogP contribution in [-0.2, 0) is 10.0 Å². The monoisotopic (exact) mass is 432 g/mol. The molecule has 0 saturated heterocycles. The van der Waals surface area contributed by atoms with E-state index in [-0.39, 0.29) is 15.5 Å². The molecule has 1 heterocycles. The Morgan fingerprint density at radius 3 is 2.45 bits per heavy atom. The van der Waals surface area contributed by atoms with E-state index < -0.39 is 15.9 Å². The van der Waals surface area contributed by atoms with E-state index in [1.165, 1.54) is 22.5 Å². The highest BCUT2D eigenvalue weighted by atomic mass is 35.5. The van der Waals surface area contributed by atoms with Crippen LogP contribution in [0.1, 0.15) is 24.2 Å². The van der Waals surface area contributed by atoms with E-state index in [1.807, 2.05) is 30.3 Å². The van der Waals surface area contributed by atoms with Crippen LogP contribution in [0.25, 0.3) is 5.69 Å². The average molecular weight is 433 g/mol. The number of halogens is 1. The molecule has 29 heavy (non-hydrogen) atoms. The normalized spacial score (nSPS) is 11.6. The third kappa shape index (κ3) is 4.50. The van der Waals surface area contributed by atoms with Crippen molar-refractivity contribution in [2.75, 3.05) is 18.4 Å². The highest BCUT2D eigenvalue weighted by molar-refractivity contribution is 7.89. The molecule has 1 aromatic heterocycles. The van der Waals surface area contributed by atoms with Crippen LogP contribution in [0.2, 0.25) is 5.02 Å². The Morgan fingerprint density at radius 2 is 1.79 bits per heavy atom. The van der Waals surface area contributed by atoms with Gasteiger partial charge in [0.05, 0.1) is 21.2 Å². The first kappa shape index (κ1) is 21.0. The summed E-state index contributed by atoms with van der Waals surface area (Å²) in [7, 11) is -3.70. The highest BCUT2D eigenvalue weighted by Crippen LogP contribution is 2.24. The van der Waals surface area contributed by atoms with E-state index in [0.717, 1.165) is 5.69 Å². The fraction of sp³-hybridized carbons (Fsp3) is 0.200. The molecule has 0 aliphatic carbocycles. The van der Waals surface area contributed by atoms with Crippen LogP contribution in [0.5, 0.6) is 0 Å². The van der Waals surface area contributed by atoms with Crippen molar-refractivity contribution in [3.8, 4) is 5.69 Å². The van der Waals surface area contributed by atoms with E-state index in [0.29, 0.717) is 18.9 Å². The third-order valence-electron chi connectivity index (χ3n) is 4.38. The maximum absolute atomic E-state index is 12.7. The van der Waals surface area contributed by atoms with Crippen LogP contribution in [0, 0.1) is 0 Å². The van der Waals surface area contributed by atoms with Gasteiger partial charge in [0.1, 0.15) is 0 Å². The van der Waals surface area contributed by atoms with E-state index >= 15 is 0 Å². The molecule has 1 amide bonds. The predicted octanol–water partition coefficient (Wildman–Crippen LogP) is 3.81. The maximum atomic E-state index is 12.7. The van der Waals surface area contributed by atoms with Crippen molar-refractivity contribution in [3.63, 3.8) is 0 Å². The molecule has 0 radical (unpaired) electrons. The zero-order chi connectivity index (χ0) is 21.0. The van der Waals surface area contributed by atoms with Crippen molar-refractivity contribution < 1.29 is 13.2 Å². The Labute approximate surface area is 175 Å². The number of hydrogen-bond acceptors (Lipinski definition) is 4. The number of nitrogens with one attached hydrogen (secondary N) is 1. The van der Waals surface area contributed by atoms with Crippen molar-refractivity contribution in [2.45, 2.75) is 18.7 Å². The standard InChI is InChI=1S/C20H21ClN4O3S/c1-3-24(4-2)29(27,28)16-10-11-18(21)17(14-16)20(26)22-19-12-13-25(23-19)15-8-6-5-7-9-15/h5-14H,3-4H2,1-2H3,(H,22,23,26). The van der Waals surface area contributed by atoms with E-state index in [4.69, 9.17) is 11.6 Å². The van der Waals surface area contributed by atoms with Crippen LogP contribution in [-0.4, -0.2) is 41.5 Å². The lowest BCUT2D eigenvalue weighted by molar-refractivity contribution is 0.102. The number of nitrogens with zero attached hydrogens (tertiary/aromatic N) is 3. The number of sulfonamides is 1. The number of para-hydroxylation sites is 1. The molecule has 7 nitrogen and oxygen atoms in total. The Balaban J connectivity index is 1.86. The number of benzene rings is 2. The Hall–Kier alpha value is -2.68. The zero-order valence-corrected chi connectivity index (χ0v) is 17.6. The summed E-state index contributed by atoms with van der Waals surface area (Å²) in [6.07, 6.45) is 1.72. The second-order valence-electron chi connectivity index (χ2n) is 6.17. The second kappa shape index (κ2) is 8.77. The Bertz CT molecular complexity index is 1110. The number of rotatable bonds is 7. The van der Waals surface area contributed by atoms with Gasteiger partial charge in [-0.2, -0.15) is 9.40 Å². The molecule has 0 fully saturated rings. The first-order valence-corrected chi connectivity index (χ1v) is 10.9. The van der Waals surface area contributed by atoms with Crippen molar-refractivity contribution in [1.29, 1.82) is 0 Å². The van der Waals surface area contributed by atoms with Gasteiger partial charge in [0.2, 0.25) is 10.0 Å². The van der Waals surface area contributed by atoms with E-state index in [2.05, 4.69) is 10.4 Å². The third-order valence-corrected chi connectivity index (χ3v) is 6.75. The van der Waals surface area contributed by atoms with Crippen LogP contribution in [0.4, 0.5) is 5.82 Å². The smallest absolute Gasteiger partial charge is 0.258 e. The van der Waals surface area contributed by atoms with Crippen LogP contribution >= 0.6 is 11.6 Å². The summed E-state index contributed by atoms with van der Waals surface area (Å²) in [5.41, 5.74) is 0.910. The minimum Gasteiger partial charge on any atom is -0.305 e. The average Bonchev–Trinajstić information content (AvgIpc) is 3.18. The molecule has 3 rings (SSSR count). The van der Waals surface area contributed by atoms with Crippen LogP contribution in [0.3, 0.4) is 0 Å². The van der Waals surface area contributed by atoms with Gasteiger partial charge in [-0.1, -0.05) is 43.6 Å². The summed E-state index contributed by atoms with van der Waals surface area (Å²) in [6, 6.07) is 15.2. The summed E-state index contributed by atoms with van der Waals surface area (Å²) in [4.78, 5) is 12.7. The quantitative estimate of drug-likeness (QED) is 0.615. The van der Waals surface area contributed by atoms with E-state index in [1.54, 1.807) is 30.8 Å².